The monoisotopic (exact) mass is 386 g/mol. The van der Waals surface area contributed by atoms with Gasteiger partial charge in [-0.15, -0.1) is 0 Å². The quantitative estimate of drug-likeness (QED) is 0.553. The number of fused-ring (bicyclic) bond motifs is 3. The first-order chi connectivity index (χ1) is 14.2. The standard InChI is InChI=1S/C24H26N4O/c1-3-17-11-13-27(14-12-17)21-10-9-19-22(16(21)2)25-15-20-23(19)26-28(24(20)29)18-7-5-4-6-8-18/h4-10,15,17,25H,3,11-14H2,1-2H3. The Bertz CT molecular complexity index is 1180. The third-order valence-corrected chi connectivity index (χ3v) is 6.46. The van der Waals surface area contributed by atoms with Gasteiger partial charge in [-0.25, -0.2) is 0 Å². The minimum atomic E-state index is -0.0901. The molecule has 148 valence electrons. The molecule has 5 rings (SSSR count). The molecule has 0 spiro atoms. The normalized spacial score (nSPS) is 15.4. The van der Waals surface area contributed by atoms with Gasteiger partial charge >= 0.3 is 0 Å². The van der Waals surface area contributed by atoms with E-state index < -0.39 is 0 Å². The molecule has 29 heavy (non-hydrogen) atoms. The van der Waals surface area contributed by atoms with Gasteiger partial charge < -0.3 is 9.88 Å². The molecule has 0 atom stereocenters. The maximum Gasteiger partial charge on any atom is 0.282 e. The molecule has 2 aromatic rings. The molecule has 3 aliphatic heterocycles. The largest absolute Gasteiger partial charge is 0.371 e. The summed E-state index contributed by atoms with van der Waals surface area (Å²) >= 11 is 0. The molecule has 1 fully saturated rings. The molecule has 0 saturated carbocycles. The SMILES string of the molecule is CCC1CCN(c2ccc3c4nn(-c5ccccc5)c(=O)c-4c[nH]c3c2C)CC1. The van der Waals surface area contributed by atoms with Gasteiger partial charge in [-0.1, -0.05) is 31.5 Å². The van der Waals surface area contributed by atoms with Crippen LogP contribution in [0.4, 0.5) is 5.69 Å². The van der Waals surface area contributed by atoms with Gasteiger partial charge in [0.1, 0.15) is 5.69 Å². The number of para-hydroxylation sites is 1. The van der Waals surface area contributed by atoms with Crippen molar-refractivity contribution in [3.05, 3.63) is 64.6 Å². The number of anilines is 1. The molecule has 0 aromatic heterocycles. The maximum atomic E-state index is 12.9. The van der Waals surface area contributed by atoms with E-state index in [0.29, 0.717) is 5.56 Å². The molecule has 5 nitrogen and oxygen atoms in total. The fraction of sp³-hybridized carbons (Fsp3) is 0.333. The number of H-pyrrole nitrogens is 1. The highest BCUT2D eigenvalue weighted by Gasteiger charge is 2.23. The molecule has 1 N–H and O–H groups in total. The summed E-state index contributed by atoms with van der Waals surface area (Å²) < 4.78 is 1.50. The van der Waals surface area contributed by atoms with E-state index in [9.17, 15) is 4.79 Å². The predicted molar refractivity (Wildman–Crippen MR) is 118 cm³/mol. The number of aromatic amines is 1. The fourth-order valence-electron chi connectivity index (χ4n) is 4.64. The van der Waals surface area contributed by atoms with Crippen LogP contribution in [-0.4, -0.2) is 27.9 Å². The summed E-state index contributed by atoms with van der Waals surface area (Å²) in [5.74, 6) is 0.857. The Morgan fingerprint density at radius 2 is 1.86 bits per heavy atom. The van der Waals surface area contributed by atoms with E-state index in [2.05, 4.69) is 41.0 Å². The molecule has 2 aromatic carbocycles. The second kappa shape index (κ2) is 7.07. The van der Waals surface area contributed by atoms with Crippen LogP contribution in [-0.2, 0) is 0 Å². The lowest BCUT2D eigenvalue weighted by Gasteiger charge is -2.34. The summed E-state index contributed by atoms with van der Waals surface area (Å²) in [6.45, 7) is 6.68. The van der Waals surface area contributed by atoms with Crippen LogP contribution in [0.3, 0.4) is 0 Å². The summed E-state index contributed by atoms with van der Waals surface area (Å²) in [5.41, 5.74) is 5.64. The van der Waals surface area contributed by atoms with Crippen molar-refractivity contribution in [1.29, 1.82) is 0 Å². The maximum absolute atomic E-state index is 12.9. The van der Waals surface area contributed by atoms with Gasteiger partial charge in [0.05, 0.1) is 16.8 Å². The average Bonchev–Trinajstić information content (AvgIpc) is 3.12. The van der Waals surface area contributed by atoms with Crippen LogP contribution in [0.5, 0.6) is 0 Å². The summed E-state index contributed by atoms with van der Waals surface area (Å²) in [6, 6.07) is 13.9. The van der Waals surface area contributed by atoms with Gasteiger partial charge in [0.15, 0.2) is 0 Å². The van der Waals surface area contributed by atoms with Crippen molar-refractivity contribution in [2.24, 2.45) is 5.92 Å². The van der Waals surface area contributed by atoms with Crippen LogP contribution < -0.4 is 10.5 Å². The van der Waals surface area contributed by atoms with Gasteiger partial charge in [-0.05, 0) is 55.5 Å². The number of nitrogens with one attached hydrogen (secondary N) is 1. The van der Waals surface area contributed by atoms with Gasteiger partial charge in [-0.3, -0.25) is 4.79 Å². The van der Waals surface area contributed by atoms with E-state index in [-0.39, 0.29) is 5.56 Å². The van der Waals surface area contributed by atoms with Crippen molar-refractivity contribution in [3.63, 3.8) is 0 Å². The fourth-order valence-corrected chi connectivity index (χ4v) is 4.64. The van der Waals surface area contributed by atoms with E-state index in [1.165, 1.54) is 35.2 Å². The molecular weight excluding hydrogens is 360 g/mol. The van der Waals surface area contributed by atoms with E-state index >= 15 is 0 Å². The lowest BCUT2D eigenvalue weighted by Crippen LogP contribution is -2.33. The van der Waals surface area contributed by atoms with E-state index in [0.717, 1.165) is 41.3 Å². The minimum Gasteiger partial charge on any atom is -0.371 e. The van der Waals surface area contributed by atoms with E-state index in [4.69, 9.17) is 0 Å². The zero-order valence-corrected chi connectivity index (χ0v) is 17.0. The Hall–Kier alpha value is -3.08. The Morgan fingerprint density at radius 1 is 1.10 bits per heavy atom. The molecule has 1 saturated heterocycles. The van der Waals surface area contributed by atoms with Crippen LogP contribution in [0, 0.1) is 12.8 Å². The number of hydrogen-bond donors (Lipinski definition) is 1. The second-order valence-electron chi connectivity index (χ2n) is 8.07. The number of rotatable bonds is 3. The number of nitrogens with zero attached hydrogens (tertiary/aromatic N) is 3. The molecule has 0 bridgehead atoms. The summed E-state index contributed by atoms with van der Waals surface area (Å²) in [5, 5.41) is 5.68. The second-order valence-corrected chi connectivity index (χ2v) is 8.07. The van der Waals surface area contributed by atoms with Gasteiger partial charge in [0.25, 0.3) is 5.56 Å². The van der Waals surface area contributed by atoms with Crippen molar-refractivity contribution < 1.29 is 0 Å². The van der Waals surface area contributed by atoms with Crippen molar-refractivity contribution in [2.75, 3.05) is 18.0 Å². The number of pyridine rings is 1. The van der Waals surface area contributed by atoms with E-state index in [1.54, 1.807) is 0 Å². The van der Waals surface area contributed by atoms with Crippen LogP contribution in [0.25, 0.3) is 27.8 Å². The molecule has 5 heteroatoms. The molecule has 0 amide bonds. The van der Waals surface area contributed by atoms with E-state index in [1.807, 2.05) is 36.5 Å². The highest BCUT2D eigenvalue weighted by molar-refractivity contribution is 5.97. The number of piperidine rings is 1. The summed E-state index contributed by atoms with van der Waals surface area (Å²) in [7, 11) is 0. The number of hydrogen-bond acceptors (Lipinski definition) is 3. The summed E-state index contributed by atoms with van der Waals surface area (Å²) in [4.78, 5) is 18.8. The van der Waals surface area contributed by atoms with Gasteiger partial charge in [0, 0.05) is 30.4 Å². The van der Waals surface area contributed by atoms with Crippen molar-refractivity contribution in [3.8, 4) is 16.9 Å². The molecule has 0 aliphatic carbocycles. The smallest absolute Gasteiger partial charge is 0.282 e. The average molecular weight is 386 g/mol. The molecule has 0 unspecified atom stereocenters. The first-order valence-electron chi connectivity index (χ1n) is 10.5. The lowest BCUT2D eigenvalue weighted by molar-refractivity contribution is 0.395. The zero-order valence-electron chi connectivity index (χ0n) is 17.0. The number of benzene rings is 2. The van der Waals surface area contributed by atoms with Crippen molar-refractivity contribution in [2.45, 2.75) is 33.1 Å². The van der Waals surface area contributed by atoms with Crippen LogP contribution >= 0.6 is 0 Å². The van der Waals surface area contributed by atoms with Crippen LogP contribution in [0.1, 0.15) is 31.7 Å². The predicted octanol–water partition coefficient (Wildman–Crippen LogP) is 4.75. The number of aryl methyl sites for hydroxylation is 1. The highest BCUT2D eigenvalue weighted by atomic mass is 16.1. The Kier molecular flexibility index (Phi) is 4.38. The van der Waals surface area contributed by atoms with Crippen LogP contribution in [0.2, 0.25) is 0 Å². The topological polar surface area (TPSA) is 53.9 Å². The first-order valence-corrected chi connectivity index (χ1v) is 10.5. The summed E-state index contributed by atoms with van der Waals surface area (Å²) in [6.07, 6.45) is 5.61. The minimum absolute atomic E-state index is 0.0901. The molecule has 0 radical (unpaired) electrons. The third-order valence-electron chi connectivity index (χ3n) is 6.46. The van der Waals surface area contributed by atoms with Gasteiger partial charge in [0.2, 0.25) is 0 Å². The first kappa shape index (κ1) is 18.0. The van der Waals surface area contributed by atoms with Crippen molar-refractivity contribution >= 4 is 16.6 Å². The van der Waals surface area contributed by atoms with Gasteiger partial charge in [-0.2, -0.15) is 9.78 Å². The molecular formula is C24H26N4O. The zero-order chi connectivity index (χ0) is 20.0. The number of aromatic nitrogens is 3. The Morgan fingerprint density at radius 3 is 2.59 bits per heavy atom. The Balaban J connectivity index is 1.61. The highest BCUT2D eigenvalue weighted by Crippen LogP contribution is 2.34. The lowest BCUT2D eigenvalue weighted by atomic mass is 9.93. The molecule has 3 aliphatic rings. The molecule has 3 heterocycles. The third kappa shape index (κ3) is 2.92. The Labute approximate surface area is 170 Å². The van der Waals surface area contributed by atoms with Crippen molar-refractivity contribution in [1.82, 2.24) is 14.8 Å². The van der Waals surface area contributed by atoms with Crippen LogP contribution in [0.15, 0.2) is 53.5 Å².